The van der Waals surface area contributed by atoms with E-state index in [0.29, 0.717) is 24.2 Å². The Balaban J connectivity index is 0.00000136. The fourth-order valence-electron chi connectivity index (χ4n) is 2.63. The number of carbonyl (C=O) groups is 2. The van der Waals surface area contributed by atoms with Gasteiger partial charge in [-0.3, -0.25) is 9.59 Å². The largest absolute Gasteiger partial charge is 0.348 e. The lowest BCUT2D eigenvalue weighted by molar-refractivity contribution is 0.0916. The number of amides is 2. The molecule has 3 rings (SSSR count). The fraction of sp³-hybridized carbons (Fsp3) is 0.167. The molecule has 4 nitrogen and oxygen atoms in total. The molecule has 3 aromatic rings. The molecule has 0 unspecified atom stereocenters. The van der Waals surface area contributed by atoms with Crippen molar-refractivity contribution in [2.24, 2.45) is 0 Å². The summed E-state index contributed by atoms with van der Waals surface area (Å²) in [6, 6.07) is 26.2. The Kier molecular flexibility index (Phi) is 8.47. The second-order valence-electron chi connectivity index (χ2n) is 5.88. The Bertz CT molecular complexity index is 803. The van der Waals surface area contributed by atoms with Gasteiger partial charge in [-0.25, -0.2) is 0 Å². The fourth-order valence-corrected chi connectivity index (χ4v) is 2.63. The molecule has 0 spiro atoms. The van der Waals surface area contributed by atoms with E-state index in [1.165, 1.54) is 0 Å². The Hall–Kier alpha value is -3.40. The van der Waals surface area contributed by atoms with E-state index in [9.17, 15) is 9.59 Å². The number of hydrogen-bond donors (Lipinski definition) is 2. The Labute approximate surface area is 166 Å². The maximum atomic E-state index is 12.5. The SMILES string of the molecule is CC.O=C(NCc1ccccc1)c1ccccc1C(=O)NCc1ccccc1. The third kappa shape index (κ3) is 6.09. The highest BCUT2D eigenvalue weighted by Crippen LogP contribution is 2.10. The minimum atomic E-state index is -0.265. The summed E-state index contributed by atoms with van der Waals surface area (Å²) in [7, 11) is 0. The predicted octanol–water partition coefficient (Wildman–Crippen LogP) is 4.57. The molecule has 0 aromatic heterocycles. The lowest BCUT2D eigenvalue weighted by Gasteiger charge is -2.11. The summed E-state index contributed by atoms with van der Waals surface area (Å²) in [5.74, 6) is -0.529. The van der Waals surface area contributed by atoms with Crippen LogP contribution in [0.15, 0.2) is 84.9 Å². The summed E-state index contributed by atoms with van der Waals surface area (Å²) in [5.41, 5.74) is 2.75. The second kappa shape index (κ2) is 11.3. The molecular formula is C24H26N2O2. The van der Waals surface area contributed by atoms with Crippen LogP contribution >= 0.6 is 0 Å². The first-order valence-electron chi connectivity index (χ1n) is 9.47. The molecule has 4 heteroatoms. The molecule has 3 aromatic carbocycles. The van der Waals surface area contributed by atoms with Gasteiger partial charge in [0.1, 0.15) is 0 Å². The summed E-state index contributed by atoms with van der Waals surface area (Å²) >= 11 is 0. The minimum Gasteiger partial charge on any atom is -0.348 e. The molecule has 0 fully saturated rings. The molecule has 28 heavy (non-hydrogen) atoms. The van der Waals surface area contributed by atoms with Gasteiger partial charge in [-0.1, -0.05) is 86.6 Å². The first-order chi connectivity index (χ1) is 13.7. The maximum Gasteiger partial charge on any atom is 0.252 e. The smallest absolute Gasteiger partial charge is 0.252 e. The first-order valence-corrected chi connectivity index (χ1v) is 9.47. The van der Waals surface area contributed by atoms with Crippen LogP contribution in [0.2, 0.25) is 0 Å². The Morgan fingerprint density at radius 1 is 0.571 bits per heavy atom. The second-order valence-corrected chi connectivity index (χ2v) is 5.88. The summed E-state index contributed by atoms with van der Waals surface area (Å²) in [5, 5.41) is 5.73. The van der Waals surface area contributed by atoms with Crippen LogP contribution in [0.5, 0.6) is 0 Å². The van der Waals surface area contributed by atoms with Crippen LogP contribution in [-0.4, -0.2) is 11.8 Å². The molecule has 0 aliphatic heterocycles. The molecule has 0 heterocycles. The summed E-state index contributed by atoms with van der Waals surface area (Å²) < 4.78 is 0. The Morgan fingerprint density at radius 3 is 1.25 bits per heavy atom. The van der Waals surface area contributed by atoms with Crippen LogP contribution in [0.25, 0.3) is 0 Å². The van der Waals surface area contributed by atoms with Crippen molar-refractivity contribution in [2.75, 3.05) is 0 Å². The van der Waals surface area contributed by atoms with E-state index in [-0.39, 0.29) is 11.8 Å². The summed E-state index contributed by atoms with van der Waals surface area (Å²) in [6.07, 6.45) is 0. The van der Waals surface area contributed by atoms with E-state index in [1.54, 1.807) is 24.3 Å². The Morgan fingerprint density at radius 2 is 0.893 bits per heavy atom. The molecule has 0 saturated carbocycles. The minimum absolute atomic E-state index is 0.265. The molecule has 0 radical (unpaired) electrons. The molecule has 0 atom stereocenters. The van der Waals surface area contributed by atoms with Crippen LogP contribution < -0.4 is 10.6 Å². The summed E-state index contributed by atoms with van der Waals surface area (Å²) in [6.45, 7) is 4.83. The van der Waals surface area contributed by atoms with Crippen molar-refractivity contribution < 1.29 is 9.59 Å². The van der Waals surface area contributed by atoms with Crippen LogP contribution in [-0.2, 0) is 13.1 Å². The summed E-state index contributed by atoms with van der Waals surface area (Å²) in [4.78, 5) is 25.1. The number of hydrogen-bond acceptors (Lipinski definition) is 2. The van der Waals surface area contributed by atoms with E-state index in [2.05, 4.69) is 10.6 Å². The van der Waals surface area contributed by atoms with Crippen LogP contribution in [0.4, 0.5) is 0 Å². The van der Waals surface area contributed by atoms with Gasteiger partial charge in [0.15, 0.2) is 0 Å². The van der Waals surface area contributed by atoms with Crippen molar-refractivity contribution >= 4 is 11.8 Å². The average molecular weight is 374 g/mol. The van der Waals surface area contributed by atoms with E-state index in [1.807, 2.05) is 74.5 Å². The van der Waals surface area contributed by atoms with Gasteiger partial charge in [0.05, 0.1) is 11.1 Å². The van der Waals surface area contributed by atoms with E-state index in [4.69, 9.17) is 0 Å². The van der Waals surface area contributed by atoms with Crippen molar-refractivity contribution in [3.8, 4) is 0 Å². The van der Waals surface area contributed by atoms with E-state index in [0.717, 1.165) is 11.1 Å². The highest BCUT2D eigenvalue weighted by molar-refractivity contribution is 6.07. The zero-order chi connectivity index (χ0) is 20.2. The molecule has 0 aliphatic carbocycles. The molecule has 144 valence electrons. The predicted molar refractivity (Wildman–Crippen MR) is 113 cm³/mol. The lowest BCUT2D eigenvalue weighted by Crippen LogP contribution is -2.29. The van der Waals surface area contributed by atoms with Crippen molar-refractivity contribution in [3.63, 3.8) is 0 Å². The average Bonchev–Trinajstić information content (AvgIpc) is 2.78. The molecule has 0 saturated heterocycles. The van der Waals surface area contributed by atoms with Crippen molar-refractivity contribution in [1.82, 2.24) is 10.6 Å². The molecule has 2 amide bonds. The normalized spacial score (nSPS) is 9.64. The van der Waals surface area contributed by atoms with Crippen molar-refractivity contribution in [1.29, 1.82) is 0 Å². The van der Waals surface area contributed by atoms with Gasteiger partial charge in [0, 0.05) is 13.1 Å². The third-order valence-electron chi connectivity index (χ3n) is 4.01. The highest BCUT2D eigenvalue weighted by Gasteiger charge is 2.16. The first kappa shape index (κ1) is 20.9. The highest BCUT2D eigenvalue weighted by atomic mass is 16.2. The van der Waals surface area contributed by atoms with Crippen molar-refractivity contribution in [3.05, 3.63) is 107 Å². The molecule has 2 N–H and O–H groups in total. The standard InChI is InChI=1S/C22H20N2O2.C2H6/c25-21(23-15-17-9-3-1-4-10-17)19-13-7-8-14-20(19)22(26)24-16-18-11-5-2-6-12-18;1-2/h1-14H,15-16H2,(H,23,25)(H,24,26);1-2H3. The van der Waals surface area contributed by atoms with Gasteiger partial charge in [0.2, 0.25) is 0 Å². The number of carbonyl (C=O) groups excluding carboxylic acids is 2. The molecule has 0 bridgehead atoms. The van der Waals surface area contributed by atoms with E-state index >= 15 is 0 Å². The van der Waals surface area contributed by atoms with Gasteiger partial charge < -0.3 is 10.6 Å². The molecule has 0 aliphatic rings. The zero-order valence-electron chi connectivity index (χ0n) is 16.3. The number of benzene rings is 3. The zero-order valence-corrected chi connectivity index (χ0v) is 16.3. The van der Waals surface area contributed by atoms with Crippen molar-refractivity contribution in [2.45, 2.75) is 26.9 Å². The van der Waals surface area contributed by atoms with Crippen LogP contribution in [0.1, 0.15) is 45.7 Å². The van der Waals surface area contributed by atoms with Crippen LogP contribution in [0, 0.1) is 0 Å². The van der Waals surface area contributed by atoms with Gasteiger partial charge in [-0.15, -0.1) is 0 Å². The third-order valence-corrected chi connectivity index (χ3v) is 4.01. The number of rotatable bonds is 6. The van der Waals surface area contributed by atoms with Gasteiger partial charge in [-0.05, 0) is 23.3 Å². The quantitative estimate of drug-likeness (QED) is 0.664. The topological polar surface area (TPSA) is 58.2 Å². The van der Waals surface area contributed by atoms with Gasteiger partial charge >= 0.3 is 0 Å². The van der Waals surface area contributed by atoms with Gasteiger partial charge in [0.25, 0.3) is 11.8 Å². The van der Waals surface area contributed by atoms with Gasteiger partial charge in [-0.2, -0.15) is 0 Å². The molecular weight excluding hydrogens is 348 g/mol. The maximum absolute atomic E-state index is 12.5. The monoisotopic (exact) mass is 374 g/mol. The number of nitrogens with one attached hydrogen (secondary N) is 2. The van der Waals surface area contributed by atoms with Crippen LogP contribution in [0.3, 0.4) is 0 Å². The lowest BCUT2D eigenvalue weighted by atomic mass is 10.1. The van der Waals surface area contributed by atoms with E-state index < -0.39 is 0 Å².